The summed E-state index contributed by atoms with van der Waals surface area (Å²) in [6.45, 7) is 5.30. The number of carbonyl (C=O) groups excluding carboxylic acids is 2. The molecule has 4 aromatic carbocycles. The summed E-state index contributed by atoms with van der Waals surface area (Å²) in [5.74, 6) is 1.09. The van der Waals surface area contributed by atoms with Crippen LogP contribution in [0.4, 0.5) is 31.8 Å². The Bertz CT molecular complexity index is 2610. The van der Waals surface area contributed by atoms with Crippen LogP contribution in [0.3, 0.4) is 0 Å². The van der Waals surface area contributed by atoms with E-state index >= 15 is 0 Å². The number of fused-ring (bicyclic) bond motifs is 2. The molecule has 2 aliphatic rings. The number of rotatable bonds is 12. The maximum absolute atomic E-state index is 14.4. The molecule has 14 nitrogen and oxygen atoms in total. The first kappa shape index (κ1) is 43.2. The third kappa shape index (κ3) is 9.22. The van der Waals surface area contributed by atoms with Gasteiger partial charge in [-0.1, -0.05) is 35.3 Å². The molecule has 2 aromatic heterocycles. The van der Waals surface area contributed by atoms with Gasteiger partial charge in [0.1, 0.15) is 35.8 Å². The molecule has 2 fully saturated rings. The highest BCUT2D eigenvalue weighted by Crippen LogP contribution is 2.38. The number of hydrogen-bond donors (Lipinski definition) is 5. The highest BCUT2D eigenvalue weighted by atomic mass is 35.5. The zero-order chi connectivity index (χ0) is 43.4. The summed E-state index contributed by atoms with van der Waals surface area (Å²) in [7, 11) is 5.11. The van der Waals surface area contributed by atoms with Gasteiger partial charge >= 0.3 is 0 Å². The van der Waals surface area contributed by atoms with E-state index in [1.165, 1.54) is 24.8 Å². The average molecular weight is 874 g/mol. The molecule has 5 N–H and O–H groups in total. The second-order valence-electron chi connectivity index (χ2n) is 14.6. The van der Waals surface area contributed by atoms with Gasteiger partial charge < -0.3 is 30.7 Å². The van der Waals surface area contributed by atoms with Gasteiger partial charge in [-0.3, -0.25) is 19.8 Å². The van der Waals surface area contributed by atoms with Gasteiger partial charge in [0.25, 0.3) is 0 Å². The number of carbonyl (C=O) groups is 2. The largest absolute Gasteiger partial charge is 0.496 e. The van der Waals surface area contributed by atoms with Crippen molar-refractivity contribution in [3.63, 3.8) is 0 Å². The Morgan fingerprint density at radius 3 is 1.74 bits per heavy atom. The number of nitrogens with zero attached hydrogens (tertiary/aromatic N) is 5. The molecule has 2 unspecified atom stereocenters. The number of halogens is 4. The molecule has 0 radical (unpaired) electrons. The van der Waals surface area contributed by atoms with E-state index in [-0.39, 0.29) is 57.4 Å². The van der Waals surface area contributed by atoms with Gasteiger partial charge in [0.05, 0.1) is 58.8 Å². The van der Waals surface area contributed by atoms with Crippen LogP contribution in [0, 0.1) is 11.6 Å². The third-order valence-electron chi connectivity index (χ3n) is 10.9. The van der Waals surface area contributed by atoms with Gasteiger partial charge in [0, 0.05) is 59.2 Å². The molecule has 4 atom stereocenters. The molecular weight excluding hydrogens is 829 g/mol. The number of aromatic nitrogens is 4. The van der Waals surface area contributed by atoms with E-state index in [9.17, 15) is 18.4 Å². The van der Waals surface area contributed by atoms with Crippen molar-refractivity contribution in [2.24, 2.45) is 0 Å². The summed E-state index contributed by atoms with van der Waals surface area (Å²) in [5.41, 5.74) is 3.44. The van der Waals surface area contributed by atoms with Gasteiger partial charge in [0.15, 0.2) is 11.6 Å². The number of likely N-dealkylation sites (N-methyl/N-ethyl adjacent to an activating group) is 1. The van der Waals surface area contributed by atoms with Crippen molar-refractivity contribution in [2.75, 3.05) is 45.0 Å². The van der Waals surface area contributed by atoms with Crippen LogP contribution in [-0.2, 0) is 9.59 Å². The fourth-order valence-electron chi connectivity index (χ4n) is 7.48. The molecule has 8 rings (SSSR count). The Kier molecular flexibility index (Phi) is 13.3. The van der Waals surface area contributed by atoms with Crippen molar-refractivity contribution in [3.8, 4) is 11.5 Å². The monoisotopic (exact) mass is 872 g/mol. The van der Waals surface area contributed by atoms with Crippen LogP contribution >= 0.6 is 23.2 Å². The zero-order valence-corrected chi connectivity index (χ0v) is 35.5. The molecule has 4 heterocycles. The number of benzene rings is 4. The summed E-state index contributed by atoms with van der Waals surface area (Å²) >= 11 is 11.8. The SMILES string of the molecule is COc1cc2ncnc(Nc3cccc(Cl)c3F)c2cc1C(C)N(C)[C@H]1CCNC1=O.COc1cc2ncnc(Nc3cccc(Cl)c3F)c2cc1C(C)N[C@H]1CCNC1=O. The van der Waals surface area contributed by atoms with Crippen LogP contribution in [0.25, 0.3) is 21.8 Å². The van der Waals surface area contributed by atoms with E-state index in [4.69, 9.17) is 32.7 Å². The quantitative estimate of drug-likeness (QED) is 0.0812. The van der Waals surface area contributed by atoms with Gasteiger partial charge in [-0.15, -0.1) is 0 Å². The molecule has 18 heteroatoms. The molecule has 0 spiro atoms. The van der Waals surface area contributed by atoms with Crippen LogP contribution in [-0.4, -0.2) is 83.1 Å². The smallest absolute Gasteiger partial charge is 0.237 e. The number of anilines is 4. The minimum absolute atomic E-state index is 0.0104. The van der Waals surface area contributed by atoms with E-state index < -0.39 is 11.6 Å². The first-order chi connectivity index (χ1) is 29.4. The van der Waals surface area contributed by atoms with E-state index in [1.54, 1.807) is 44.6 Å². The minimum Gasteiger partial charge on any atom is -0.496 e. The lowest BCUT2D eigenvalue weighted by Gasteiger charge is -2.30. The van der Waals surface area contributed by atoms with Crippen molar-refractivity contribution in [2.45, 2.75) is 50.9 Å². The van der Waals surface area contributed by atoms with Crippen LogP contribution in [0.1, 0.15) is 49.9 Å². The Balaban J connectivity index is 0.000000184. The fourth-order valence-corrected chi connectivity index (χ4v) is 7.83. The molecular formula is C43H44Cl2F2N10O4. The lowest BCUT2D eigenvalue weighted by atomic mass is 10.0. The van der Waals surface area contributed by atoms with Crippen molar-refractivity contribution in [3.05, 3.63) is 106 Å². The highest BCUT2D eigenvalue weighted by molar-refractivity contribution is 6.31. The molecule has 2 amide bonds. The van der Waals surface area contributed by atoms with Crippen LogP contribution < -0.4 is 36.1 Å². The molecule has 2 saturated heterocycles. The lowest BCUT2D eigenvalue weighted by molar-refractivity contribution is -0.124. The summed E-state index contributed by atoms with van der Waals surface area (Å²) in [6.07, 6.45) is 4.28. The summed E-state index contributed by atoms with van der Waals surface area (Å²) in [5, 5.41) is 16.5. The van der Waals surface area contributed by atoms with Gasteiger partial charge in [-0.05, 0) is 70.1 Å². The predicted octanol–water partition coefficient (Wildman–Crippen LogP) is 7.77. The second kappa shape index (κ2) is 18.8. The Morgan fingerprint density at radius 1 is 0.738 bits per heavy atom. The number of ether oxygens (including phenoxy) is 2. The zero-order valence-electron chi connectivity index (χ0n) is 33.9. The third-order valence-corrected chi connectivity index (χ3v) is 11.5. The Labute approximate surface area is 360 Å². The van der Waals surface area contributed by atoms with Gasteiger partial charge in [-0.25, -0.2) is 28.7 Å². The van der Waals surface area contributed by atoms with Crippen molar-refractivity contribution >= 4 is 79.8 Å². The van der Waals surface area contributed by atoms with Crippen molar-refractivity contribution in [1.29, 1.82) is 0 Å². The van der Waals surface area contributed by atoms with Crippen molar-refractivity contribution in [1.82, 2.24) is 40.8 Å². The summed E-state index contributed by atoms with van der Waals surface area (Å²) in [6, 6.07) is 16.1. The number of amides is 2. The van der Waals surface area contributed by atoms with Crippen LogP contribution in [0.15, 0.2) is 73.3 Å². The standard InChI is InChI=1S/C22H23ClFN5O2.C21H21ClFN5O2/c1-12(29(2)18-7-8-25-22(18)30)13-9-14-17(10-19(13)31-3)26-11-27-21(14)28-16-6-4-5-15(23)20(16)24;1-11(27-16-6-7-24-21(16)29)12-8-13-17(9-18(12)30-2)25-10-26-20(13)28-15-5-3-4-14(22)19(15)23/h4-6,9-12,18H,7-8H2,1-3H3,(H,25,30)(H,26,27,28);3-5,8-11,16,27H,6-7H2,1-2H3,(H,24,29)(H,25,26,28)/t12?,18-;11?,16-/m00/s1. The van der Waals surface area contributed by atoms with E-state index in [2.05, 4.69) is 46.5 Å². The Hall–Kier alpha value is -5.94. The van der Waals surface area contributed by atoms with Gasteiger partial charge in [0.2, 0.25) is 11.8 Å². The summed E-state index contributed by atoms with van der Waals surface area (Å²) in [4.78, 5) is 43.4. The van der Waals surface area contributed by atoms with E-state index in [0.717, 1.165) is 24.0 Å². The number of methoxy groups -OCH3 is 2. The molecule has 318 valence electrons. The molecule has 61 heavy (non-hydrogen) atoms. The van der Waals surface area contributed by atoms with Crippen molar-refractivity contribution < 1.29 is 27.8 Å². The Morgan fingerprint density at radius 2 is 1.25 bits per heavy atom. The maximum Gasteiger partial charge on any atom is 0.237 e. The molecule has 2 aliphatic heterocycles. The van der Waals surface area contributed by atoms with Crippen LogP contribution in [0.5, 0.6) is 11.5 Å². The highest BCUT2D eigenvalue weighted by Gasteiger charge is 2.32. The fraction of sp³-hybridized carbons (Fsp3) is 0.302. The van der Waals surface area contributed by atoms with E-state index in [1.807, 2.05) is 44.0 Å². The predicted molar refractivity (Wildman–Crippen MR) is 232 cm³/mol. The summed E-state index contributed by atoms with van der Waals surface area (Å²) < 4.78 is 40.0. The van der Waals surface area contributed by atoms with Crippen LogP contribution in [0.2, 0.25) is 10.0 Å². The topological polar surface area (TPSA) is 168 Å². The van der Waals surface area contributed by atoms with Gasteiger partial charge in [-0.2, -0.15) is 0 Å². The number of nitrogens with one attached hydrogen (secondary N) is 5. The maximum atomic E-state index is 14.4. The molecule has 6 aromatic rings. The molecule has 0 bridgehead atoms. The molecule has 0 saturated carbocycles. The second-order valence-corrected chi connectivity index (χ2v) is 15.4. The number of hydrogen-bond acceptors (Lipinski definition) is 12. The normalized spacial score (nSPS) is 17.1. The first-order valence-corrected chi connectivity index (χ1v) is 20.2. The lowest BCUT2D eigenvalue weighted by Crippen LogP contribution is -2.39. The first-order valence-electron chi connectivity index (χ1n) is 19.5. The molecule has 0 aliphatic carbocycles. The average Bonchev–Trinajstić information content (AvgIpc) is 3.89. The minimum atomic E-state index is -0.554. The van der Waals surface area contributed by atoms with E-state index in [0.29, 0.717) is 58.0 Å².